The quantitative estimate of drug-likeness (QED) is 0.170. The van der Waals surface area contributed by atoms with Crippen molar-refractivity contribution in [2.45, 2.75) is 133 Å². The molecular formula is C45H59N9O5. The molecule has 14 nitrogen and oxygen atoms in total. The van der Waals surface area contributed by atoms with Gasteiger partial charge in [0, 0.05) is 49.7 Å². The summed E-state index contributed by atoms with van der Waals surface area (Å²) in [7, 11) is 3.39. The molecule has 2 aromatic carbocycles. The number of hydrogen-bond acceptors (Lipinski definition) is 11. The van der Waals surface area contributed by atoms with E-state index >= 15 is 0 Å². The number of fused-ring (bicyclic) bond motifs is 1. The van der Waals surface area contributed by atoms with Crippen molar-refractivity contribution in [1.82, 2.24) is 30.8 Å². The molecule has 3 aromatic rings. The van der Waals surface area contributed by atoms with E-state index in [4.69, 9.17) is 9.72 Å². The minimum absolute atomic E-state index is 0.0799. The summed E-state index contributed by atoms with van der Waals surface area (Å²) >= 11 is 0. The molecule has 5 aliphatic rings. The highest BCUT2D eigenvalue weighted by Gasteiger charge is 2.41. The first-order valence-corrected chi connectivity index (χ1v) is 21.8. The number of amides is 4. The molecule has 1 aromatic heterocycles. The van der Waals surface area contributed by atoms with Crippen LogP contribution >= 0.6 is 0 Å². The maximum Gasteiger partial charge on any atom is 0.251 e. The van der Waals surface area contributed by atoms with Crippen LogP contribution in [-0.4, -0.2) is 96.0 Å². The van der Waals surface area contributed by atoms with Crippen molar-refractivity contribution < 1.29 is 23.9 Å². The van der Waals surface area contributed by atoms with Crippen molar-refractivity contribution in [2.24, 2.45) is 0 Å². The topological polar surface area (TPSA) is 161 Å². The zero-order chi connectivity index (χ0) is 41.0. The van der Waals surface area contributed by atoms with Gasteiger partial charge in [-0.05, 0) is 107 Å². The highest BCUT2D eigenvalue weighted by Crippen LogP contribution is 2.40. The Bertz CT molecular complexity index is 2000. The molecule has 14 heteroatoms. The van der Waals surface area contributed by atoms with Crippen LogP contribution in [0.5, 0.6) is 5.75 Å². The van der Waals surface area contributed by atoms with E-state index in [2.05, 4.69) is 55.1 Å². The largest absolute Gasteiger partial charge is 0.495 e. The molecule has 4 fully saturated rings. The molecule has 2 saturated carbocycles. The number of carbonyl (C=O) groups excluding carboxylic acids is 4. The van der Waals surface area contributed by atoms with E-state index < -0.39 is 0 Å². The van der Waals surface area contributed by atoms with Gasteiger partial charge in [0.15, 0.2) is 5.82 Å². The van der Waals surface area contributed by atoms with Crippen LogP contribution in [0.2, 0.25) is 0 Å². The zero-order valence-corrected chi connectivity index (χ0v) is 34.7. The van der Waals surface area contributed by atoms with Gasteiger partial charge in [-0.2, -0.15) is 4.98 Å². The number of likely N-dealkylation sites (tertiary alicyclic amines) is 1. The number of methoxy groups -OCH3 is 1. The third-order valence-corrected chi connectivity index (χ3v) is 13.4. The average Bonchev–Trinajstić information content (AvgIpc) is 3.80. The zero-order valence-electron chi connectivity index (χ0n) is 34.7. The van der Waals surface area contributed by atoms with Gasteiger partial charge in [-0.1, -0.05) is 44.0 Å². The third-order valence-electron chi connectivity index (χ3n) is 13.4. The number of aromatic nitrogens is 2. The number of hydrogen-bond donors (Lipinski definition) is 4. The Morgan fingerprint density at radius 3 is 2.34 bits per heavy atom. The van der Waals surface area contributed by atoms with Gasteiger partial charge in [0.25, 0.3) is 5.91 Å². The standard InChI is InChI=1S/C45H59N9O5/c1-4-37-44(58)52(2)38-27-47-45(51-41(38)54(37)34-7-5-6-8-34)49-36-19-13-30(25-39(36)59-3)42(56)48-32-14-16-33(17-15-32)53-23-21-31(22-24-53)46-26-28-9-11-29(12-10-28)35-18-20-40(55)50-43(35)57/h9-13,19,25,27,31-35,37,46H,4-8,14-18,20-24,26H2,1-3H3,(H,48,56)(H,47,49,51)(H,50,55,57)/t32?,33?,35?,37-/m1/s1. The van der Waals surface area contributed by atoms with Crippen molar-refractivity contribution in [2.75, 3.05) is 42.4 Å². The molecule has 3 aliphatic heterocycles. The number of likely N-dealkylation sites (N-methyl/N-ethyl adjacent to an activating group) is 1. The number of rotatable bonds is 12. The van der Waals surface area contributed by atoms with Crippen LogP contribution < -0.4 is 35.8 Å². The summed E-state index contributed by atoms with van der Waals surface area (Å²) in [5.74, 6) is 1.05. The highest BCUT2D eigenvalue weighted by atomic mass is 16.5. The molecule has 2 saturated heterocycles. The summed E-state index contributed by atoms with van der Waals surface area (Å²) in [4.78, 5) is 66.6. The fourth-order valence-electron chi connectivity index (χ4n) is 9.96. The molecule has 8 rings (SSSR count). The van der Waals surface area contributed by atoms with Gasteiger partial charge < -0.3 is 35.4 Å². The molecule has 4 amide bonds. The van der Waals surface area contributed by atoms with Gasteiger partial charge in [-0.15, -0.1) is 0 Å². The number of benzene rings is 2. The lowest BCUT2D eigenvalue weighted by Gasteiger charge is -2.43. The summed E-state index contributed by atoms with van der Waals surface area (Å²) in [6, 6.07) is 14.8. The van der Waals surface area contributed by atoms with E-state index in [0.717, 1.165) is 95.2 Å². The lowest BCUT2D eigenvalue weighted by atomic mass is 9.88. The number of ether oxygens (including phenoxy) is 1. The Kier molecular flexibility index (Phi) is 12.4. The lowest BCUT2D eigenvalue weighted by Crippen LogP contribution is -2.55. The minimum atomic E-state index is -0.250. The first-order valence-electron chi connectivity index (χ1n) is 21.8. The van der Waals surface area contributed by atoms with Crippen molar-refractivity contribution in [3.05, 3.63) is 65.4 Å². The van der Waals surface area contributed by atoms with Crippen molar-refractivity contribution in [3.63, 3.8) is 0 Å². The Hall–Kier alpha value is -5.08. The molecular weight excluding hydrogens is 747 g/mol. The Labute approximate surface area is 347 Å². The molecule has 4 heterocycles. The SMILES string of the molecule is CC[C@@H]1C(=O)N(C)c2cnc(Nc3ccc(C(=O)NC4CCC(N5CCC(NCc6ccc(C7CCC(=O)NC7=O)cc6)CC5)CC4)cc3OC)nc2N1C1CCCC1. The second-order valence-electron chi connectivity index (χ2n) is 17.0. The Balaban J connectivity index is 0.798. The predicted octanol–water partition coefficient (Wildman–Crippen LogP) is 5.55. The number of piperidine rings is 2. The summed E-state index contributed by atoms with van der Waals surface area (Å²) in [6.07, 6.45) is 14.0. The molecule has 59 heavy (non-hydrogen) atoms. The maximum absolute atomic E-state index is 13.5. The normalized spacial score (nSPS) is 24.5. The second kappa shape index (κ2) is 18.0. The Morgan fingerprint density at radius 1 is 0.898 bits per heavy atom. The van der Waals surface area contributed by atoms with Gasteiger partial charge >= 0.3 is 0 Å². The molecule has 0 spiro atoms. The molecule has 4 N–H and O–H groups in total. The first kappa shape index (κ1) is 40.7. The van der Waals surface area contributed by atoms with E-state index in [-0.39, 0.29) is 47.7 Å². The number of nitrogens with one attached hydrogen (secondary N) is 4. The molecule has 0 radical (unpaired) electrons. The lowest BCUT2D eigenvalue weighted by molar-refractivity contribution is -0.134. The fraction of sp³-hybridized carbons (Fsp3) is 0.556. The van der Waals surface area contributed by atoms with Crippen molar-refractivity contribution in [3.8, 4) is 5.75 Å². The molecule has 0 bridgehead atoms. The molecule has 1 unspecified atom stereocenters. The maximum atomic E-state index is 13.5. The van der Waals surface area contributed by atoms with Gasteiger partial charge in [-0.3, -0.25) is 24.5 Å². The first-order chi connectivity index (χ1) is 28.7. The molecule has 2 aliphatic carbocycles. The Morgan fingerprint density at radius 2 is 1.64 bits per heavy atom. The van der Waals surface area contributed by atoms with E-state index in [1.807, 2.05) is 24.3 Å². The van der Waals surface area contributed by atoms with Crippen LogP contribution in [0.4, 0.5) is 23.1 Å². The second-order valence-corrected chi connectivity index (χ2v) is 17.0. The summed E-state index contributed by atoms with van der Waals surface area (Å²) in [6.45, 7) is 4.98. The van der Waals surface area contributed by atoms with Gasteiger partial charge in [0.05, 0.1) is 24.9 Å². The van der Waals surface area contributed by atoms with Crippen LogP contribution in [-0.2, 0) is 20.9 Å². The molecule has 314 valence electrons. The van der Waals surface area contributed by atoms with Crippen LogP contribution in [0.1, 0.15) is 118 Å². The minimum Gasteiger partial charge on any atom is -0.495 e. The summed E-state index contributed by atoms with van der Waals surface area (Å²) in [5, 5.41) is 12.8. The summed E-state index contributed by atoms with van der Waals surface area (Å²) < 4.78 is 5.74. The van der Waals surface area contributed by atoms with E-state index in [9.17, 15) is 19.2 Å². The smallest absolute Gasteiger partial charge is 0.251 e. The number of nitrogens with zero attached hydrogens (tertiary/aromatic N) is 5. The van der Waals surface area contributed by atoms with Crippen LogP contribution in [0, 0.1) is 0 Å². The third kappa shape index (κ3) is 8.94. The molecule has 2 atom stereocenters. The van der Waals surface area contributed by atoms with Gasteiger partial charge in [0.1, 0.15) is 17.5 Å². The van der Waals surface area contributed by atoms with Gasteiger partial charge in [0.2, 0.25) is 23.7 Å². The van der Waals surface area contributed by atoms with E-state index in [0.29, 0.717) is 60.0 Å². The van der Waals surface area contributed by atoms with Gasteiger partial charge in [-0.25, -0.2) is 4.98 Å². The number of imide groups is 1. The van der Waals surface area contributed by atoms with Crippen molar-refractivity contribution >= 4 is 46.8 Å². The fourth-order valence-corrected chi connectivity index (χ4v) is 9.96. The van der Waals surface area contributed by atoms with Crippen LogP contribution in [0.25, 0.3) is 0 Å². The van der Waals surface area contributed by atoms with E-state index in [1.54, 1.807) is 31.3 Å². The van der Waals surface area contributed by atoms with Crippen LogP contribution in [0.3, 0.4) is 0 Å². The summed E-state index contributed by atoms with van der Waals surface area (Å²) in [5.41, 5.74) is 4.07. The average molecular weight is 806 g/mol. The highest BCUT2D eigenvalue weighted by molar-refractivity contribution is 6.04. The van der Waals surface area contributed by atoms with Crippen LogP contribution in [0.15, 0.2) is 48.7 Å². The number of carbonyl (C=O) groups is 4. The van der Waals surface area contributed by atoms with E-state index in [1.165, 1.54) is 5.56 Å². The van der Waals surface area contributed by atoms with Crippen molar-refractivity contribution in [1.29, 1.82) is 0 Å². The number of anilines is 4. The monoisotopic (exact) mass is 805 g/mol. The predicted molar refractivity (Wildman–Crippen MR) is 227 cm³/mol.